The summed E-state index contributed by atoms with van der Waals surface area (Å²) in [5.41, 5.74) is 5.71. The first kappa shape index (κ1) is 45.7. The molecule has 0 bridgehead atoms. The van der Waals surface area contributed by atoms with Gasteiger partial charge in [-0.3, -0.25) is 4.79 Å². The Morgan fingerprint density at radius 2 is 1.67 bits per heavy atom. The van der Waals surface area contributed by atoms with Crippen molar-refractivity contribution in [3.63, 3.8) is 0 Å². The number of aromatic hydroxyl groups is 3. The maximum Gasteiger partial charge on any atom is 0.340 e. The highest BCUT2D eigenvalue weighted by Gasteiger charge is 2.63. The number of carboxylic acids is 1. The molecular weight excluding hydrogens is 836 g/mol. The zero-order valence-corrected chi connectivity index (χ0v) is 33.8. The van der Waals surface area contributed by atoms with Crippen molar-refractivity contribution in [2.24, 2.45) is 17.6 Å². The number of benzene rings is 2. The van der Waals surface area contributed by atoms with Crippen molar-refractivity contribution in [2.75, 3.05) is 6.61 Å². The van der Waals surface area contributed by atoms with Crippen LogP contribution in [0.15, 0.2) is 57.4 Å². The Bertz CT molecular complexity index is 2360. The average molecular weight is 887 g/mol. The molecule has 2 aromatic carbocycles. The zero-order valence-electron chi connectivity index (χ0n) is 33.8. The largest absolute Gasteiger partial charge is 0.507 e. The van der Waals surface area contributed by atoms with Gasteiger partial charge in [0.15, 0.2) is 29.1 Å². The molecule has 0 radical (unpaired) electrons. The summed E-state index contributed by atoms with van der Waals surface area (Å²) in [7, 11) is 0. The van der Waals surface area contributed by atoms with Crippen molar-refractivity contribution in [1.82, 2.24) is 5.32 Å². The van der Waals surface area contributed by atoms with Crippen molar-refractivity contribution < 1.29 is 89.1 Å². The number of aliphatic hydroxyl groups is 7. The molecule has 1 spiro atoms. The van der Waals surface area contributed by atoms with E-state index in [4.69, 9.17) is 29.1 Å². The van der Waals surface area contributed by atoms with Crippen molar-refractivity contribution in [1.29, 1.82) is 0 Å². The van der Waals surface area contributed by atoms with Crippen LogP contribution in [0.3, 0.4) is 0 Å². The van der Waals surface area contributed by atoms with Crippen LogP contribution in [0.2, 0.25) is 0 Å². The predicted octanol–water partition coefficient (Wildman–Crippen LogP) is -1.03. The second kappa shape index (κ2) is 17.7. The van der Waals surface area contributed by atoms with Gasteiger partial charge in [0.1, 0.15) is 64.9 Å². The molecule has 0 aliphatic carbocycles. The Morgan fingerprint density at radius 3 is 2.32 bits per heavy atom. The van der Waals surface area contributed by atoms with Crippen molar-refractivity contribution >= 4 is 22.9 Å². The fourth-order valence-electron chi connectivity index (χ4n) is 8.58. The fourth-order valence-corrected chi connectivity index (χ4v) is 8.58. The maximum atomic E-state index is 14.0. The van der Waals surface area contributed by atoms with E-state index in [2.05, 4.69) is 5.32 Å². The first-order valence-corrected chi connectivity index (χ1v) is 20.2. The molecule has 21 nitrogen and oxygen atoms in total. The van der Waals surface area contributed by atoms with E-state index in [-0.39, 0.29) is 64.3 Å². The van der Waals surface area contributed by atoms with Gasteiger partial charge in [0.2, 0.25) is 12.1 Å². The second-order valence-electron chi connectivity index (χ2n) is 16.6. The highest BCUT2D eigenvalue weighted by molar-refractivity contribution is 5.89. The van der Waals surface area contributed by atoms with E-state index in [1.807, 2.05) is 13.8 Å². The molecule has 7 rings (SSSR count). The summed E-state index contributed by atoms with van der Waals surface area (Å²) >= 11 is 0. The van der Waals surface area contributed by atoms with Crippen molar-refractivity contribution in [2.45, 2.75) is 113 Å². The van der Waals surface area contributed by atoms with E-state index in [9.17, 15) is 70.6 Å². The van der Waals surface area contributed by atoms with Crippen LogP contribution < -0.4 is 21.2 Å². The Labute approximate surface area is 357 Å². The standard InChI is InChI=1S/C42H50N2O19/c1-15(2)3-5-19-11-20(17-4-6-26(43)44-14-17)27-25(13-24-28(30(27)49)21(46)12-23(59-24)18-9-16(7-8-45)29(48)22(47)10-18)62-42(19)38(55)34(53)33(52)37(63-42)40(58)61-41-35(54)31(50)32(51)36(60-41)39(56)57/h4,6,9-10,12-15,19-20,26,31-38,41,44-45,47-55H,3,5,7-8,11,43H2,1-2H3,(H,56,57)/t19-,20+,26?,31+,32+,33+,34+,35-,36+,37+,38-,41-,42+/m1/s1. The fraction of sp³-hybridized carbons (Fsp3) is 0.500. The third-order valence-corrected chi connectivity index (χ3v) is 12.0. The van der Waals surface area contributed by atoms with Gasteiger partial charge in [-0.2, -0.15) is 0 Å². The number of allylic oxidation sites excluding steroid dienone is 2. The van der Waals surface area contributed by atoms with E-state index < -0.39 is 120 Å². The Kier molecular flexibility index (Phi) is 12.8. The molecule has 4 aliphatic rings. The van der Waals surface area contributed by atoms with Crippen LogP contribution in [0, 0.1) is 11.8 Å². The molecule has 0 saturated carbocycles. The first-order valence-electron chi connectivity index (χ1n) is 20.2. The molecule has 63 heavy (non-hydrogen) atoms. The van der Waals surface area contributed by atoms with Gasteiger partial charge >= 0.3 is 11.9 Å². The molecule has 14 N–H and O–H groups in total. The minimum atomic E-state index is -2.52. The number of carbonyl (C=O) groups excluding carboxylic acids is 1. The van der Waals surface area contributed by atoms with Gasteiger partial charge in [0.05, 0.1) is 6.17 Å². The molecule has 342 valence electrons. The lowest BCUT2D eigenvalue weighted by Crippen LogP contribution is -2.71. The zero-order chi connectivity index (χ0) is 45.8. The number of nitrogens with two attached hydrogens (primary N) is 1. The van der Waals surface area contributed by atoms with E-state index in [1.165, 1.54) is 12.1 Å². The maximum absolute atomic E-state index is 14.0. The van der Waals surface area contributed by atoms with Crippen molar-refractivity contribution in [3.8, 4) is 34.3 Å². The second-order valence-corrected chi connectivity index (χ2v) is 16.6. The quantitative estimate of drug-likeness (QED) is 0.0855. The van der Waals surface area contributed by atoms with E-state index >= 15 is 0 Å². The lowest BCUT2D eigenvalue weighted by molar-refractivity contribution is -0.354. The molecular formula is C42H50N2O19. The molecule has 1 unspecified atom stereocenters. The molecule has 3 aromatic rings. The molecule has 0 amide bonds. The Hall–Kier alpha value is -5.33. The molecule has 1 aromatic heterocycles. The number of carboxylic acid groups (broad SMARTS) is 1. The van der Waals surface area contributed by atoms with Crippen LogP contribution in [0.4, 0.5) is 0 Å². The number of aliphatic hydroxyl groups excluding tert-OH is 7. The molecule has 4 aliphatic heterocycles. The number of phenols is 3. The number of carbonyl (C=O) groups is 2. The number of dihydropyridines is 1. The minimum absolute atomic E-state index is 0.0129. The number of nitrogens with one attached hydrogen (secondary N) is 1. The molecule has 21 heteroatoms. The third-order valence-electron chi connectivity index (χ3n) is 12.0. The summed E-state index contributed by atoms with van der Waals surface area (Å²) in [5, 5.41) is 121. The van der Waals surface area contributed by atoms with Crippen LogP contribution >= 0.6 is 0 Å². The Balaban J connectivity index is 1.39. The number of hydrogen-bond acceptors (Lipinski definition) is 20. The SMILES string of the molecule is CC(C)CC[C@@H]1C[C@@H](C2=CNC(N)C=C2)c2c(cc3oc(-c4cc(O)c(O)c(CCO)c4)cc(=O)c3c2O)O[C@]12O[C@H](C(=O)O[C@H]1O[C@H](C(=O)O)[C@@H](O)[C@H](O)[C@H]1O)[C@@H](O)[C@H](O)[C@H]2O. The summed E-state index contributed by atoms with van der Waals surface area (Å²) in [4.78, 5) is 39.7. The van der Waals surface area contributed by atoms with Gasteiger partial charge in [0.25, 0.3) is 0 Å². The number of fused-ring (bicyclic) bond motifs is 2. The summed E-state index contributed by atoms with van der Waals surface area (Å²) in [6.45, 7) is 3.42. The van der Waals surface area contributed by atoms with E-state index in [1.54, 1.807) is 18.4 Å². The number of rotatable bonds is 10. The lowest BCUT2D eigenvalue weighted by Gasteiger charge is -2.50. The van der Waals surface area contributed by atoms with Crippen LogP contribution in [0.5, 0.6) is 23.0 Å². The van der Waals surface area contributed by atoms with E-state index in [0.29, 0.717) is 12.0 Å². The normalized spacial score (nSPS) is 33.0. The van der Waals surface area contributed by atoms with Crippen LogP contribution in [0.25, 0.3) is 22.3 Å². The summed E-state index contributed by atoms with van der Waals surface area (Å²) in [6.07, 6.45) is -15.2. The number of ether oxygens (including phenoxy) is 4. The average Bonchev–Trinajstić information content (AvgIpc) is 3.37. The molecule has 5 heterocycles. The van der Waals surface area contributed by atoms with Gasteiger partial charge in [-0.15, -0.1) is 0 Å². The van der Waals surface area contributed by atoms with Gasteiger partial charge in [-0.05, 0) is 49.0 Å². The lowest BCUT2D eigenvalue weighted by atomic mass is 9.74. The predicted molar refractivity (Wildman–Crippen MR) is 214 cm³/mol. The smallest absolute Gasteiger partial charge is 0.340 e. The van der Waals surface area contributed by atoms with Crippen LogP contribution in [-0.2, 0) is 30.2 Å². The van der Waals surface area contributed by atoms with E-state index in [0.717, 1.165) is 12.1 Å². The first-order chi connectivity index (χ1) is 29.8. The number of phenolic OH excluding ortho intramolecular Hbond substituents is 3. The van der Waals surface area contributed by atoms with Crippen molar-refractivity contribution in [3.05, 3.63) is 69.5 Å². The number of aliphatic carboxylic acids is 1. The van der Waals surface area contributed by atoms with Gasteiger partial charge in [0, 0.05) is 53.5 Å². The van der Waals surface area contributed by atoms with Gasteiger partial charge < -0.3 is 90.6 Å². The monoisotopic (exact) mass is 886 g/mol. The minimum Gasteiger partial charge on any atom is -0.507 e. The number of hydrogen-bond donors (Lipinski definition) is 13. The highest BCUT2D eigenvalue weighted by atomic mass is 16.8. The Morgan fingerprint density at radius 1 is 0.952 bits per heavy atom. The topological polar surface area (TPSA) is 362 Å². The highest BCUT2D eigenvalue weighted by Crippen LogP contribution is 2.54. The molecule has 2 saturated heterocycles. The van der Waals surface area contributed by atoms with Crippen LogP contribution in [-0.4, -0.2) is 142 Å². The number of esters is 1. The molecule has 2 fully saturated rings. The van der Waals surface area contributed by atoms with Gasteiger partial charge in [-0.25, -0.2) is 9.59 Å². The summed E-state index contributed by atoms with van der Waals surface area (Å²) in [6, 6.07) is 4.75. The van der Waals surface area contributed by atoms with Crippen LogP contribution in [0.1, 0.15) is 50.2 Å². The summed E-state index contributed by atoms with van der Waals surface area (Å²) < 4.78 is 29.4. The third kappa shape index (κ3) is 8.32. The van der Waals surface area contributed by atoms with Gasteiger partial charge in [-0.1, -0.05) is 26.3 Å². The summed E-state index contributed by atoms with van der Waals surface area (Å²) in [5.74, 6) is -9.98. The molecule has 13 atom stereocenters.